The predicted octanol–water partition coefficient (Wildman–Crippen LogP) is 4.78. The van der Waals surface area contributed by atoms with E-state index >= 15 is 0 Å². The SMILES string of the molecule is N[C@H](c1ccc2ccccc2c1)C(O)(c1ccccc1)c1ccccc1. The second kappa shape index (κ2) is 6.75. The zero-order valence-electron chi connectivity index (χ0n) is 14.4. The van der Waals surface area contributed by atoms with Gasteiger partial charge in [-0.15, -0.1) is 0 Å². The minimum atomic E-state index is -1.31. The number of hydrogen-bond acceptors (Lipinski definition) is 2. The Labute approximate surface area is 153 Å². The smallest absolute Gasteiger partial charge is 0.134 e. The van der Waals surface area contributed by atoms with Crippen LogP contribution in [0.15, 0.2) is 103 Å². The van der Waals surface area contributed by atoms with Gasteiger partial charge in [0.05, 0.1) is 6.04 Å². The average molecular weight is 339 g/mol. The Bertz CT molecular complexity index is 972. The summed E-state index contributed by atoms with van der Waals surface area (Å²) in [6.07, 6.45) is 0. The molecule has 4 aromatic carbocycles. The fourth-order valence-electron chi connectivity index (χ4n) is 3.55. The molecule has 0 saturated heterocycles. The van der Waals surface area contributed by atoms with Gasteiger partial charge in [-0.2, -0.15) is 0 Å². The molecule has 0 aliphatic carbocycles. The maximum atomic E-state index is 11.8. The van der Waals surface area contributed by atoms with Gasteiger partial charge >= 0.3 is 0 Å². The van der Waals surface area contributed by atoms with Crippen molar-refractivity contribution in [2.75, 3.05) is 0 Å². The Balaban J connectivity index is 1.88. The number of hydrogen-bond donors (Lipinski definition) is 2. The van der Waals surface area contributed by atoms with Crippen LogP contribution < -0.4 is 5.73 Å². The molecule has 4 rings (SSSR count). The van der Waals surface area contributed by atoms with Crippen LogP contribution in [0.25, 0.3) is 10.8 Å². The van der Waals surface area contributed by atoms with Crippen LogP contribution in [0.3, 0.4) is 0 Å². The normalized spacial score (nSPS) is 12.8. The first-order chi connectivity index (χ1) is 12.7. The zero-order valence-corrected chi connectivity index (χ0v) is 14.4. The number of aliphatic hydroxyl groups is 1. The summed E-state index contributed by atoms with van der Waals surface area (Å²) in [7, 11) is 0. The molecule has 0 radical (unpaired) electrons. The molecule has 0 spiro atoms. The lowest BCUT2D eigenvalue weighted by Gasteiger charge is -2.35. The summed E-state index contributed by atoms with van der Waals surface area (Å²) in [6.45, 7) is 0. The van der Waals surface area contributed by atoms with E-state index in [4.69, 9.17) is 5.73 Å². The summed E-state index contributed by atoms with van der Waals surface area (Å²) in [6, 6.07) is 33.0. The summed E-state index contributed by atoms with van der Waals surface area (Å²) < 4.78 is 0. The maximum absolute atomic E-state index is 11.8. The van der Waals surface area contributed by atoms with Crippen LogP contribution in [-0.4, -0.2) is 5.11 Å². The third-order valence-electron chi connectivity index (χ3n) is 5.01. The number of fused-ring (bicyclic) bond motifs is 1. The van der Waals surface area contributed by atoms with E-state index in [9.17, 15) is 5.11 Å². The Morgan fingerprint density at radius 1 is 0.615 bits per heavy atom. The molecule has 0 amide bonds. The van der Waals surface area contributed by atoms with E-state index in [1.165, 1.54) is 0 Å². The van der Waals surface area contributed by atoms with E-state index < -0.39 is 11.6 Å². The number of nitrogens with two attached hydrogens (primary N) is 1. The average Bonchev–Trinajstić information content (AvgIpc) is 2.73. The number of benzene rings is 4. The molecule has 1 atom stereocenters. The maximum Gasteiger partial charge on any atom is 0.134 e. The van der Waals surface area contributed by atoms with Gasteiger partial charge < -0.3 is 10.8 Å². The van der Waals surface area contributed by atoms with Crippen LogP contribution in [0.1, 0.15) is 22.7 Å². The highest BCUT2D eigenvalue weighted by Crippen LogP contribution is 2.40. The van der Waals surface area contributed by atoms with Gasteiger partial charge in [-0.25, -0.2) is 0 Å². The Hall–Kier alpha value is -2.94. The van der Waals surface area contributed by atoms with Gasteiger partial charge in [0, 0.05) is 0 Å². The lowest BCUT2D eigenvalue weighted by molar-refractivity contribution is 0.0513. The quantitative estimate of drug-likeness (QED) is 0.562. The molecule has 2 heteroatoms. The Kier molecular flexibility index (Phi) is 4.29. The molecule has 0 saturated carbocycles. The highest BCUT2D eigenvalue weighted by Gasteiger charge is 2.39. The molecule has 0 aliphatic heterocycles. The molecule has 0 heterocycles. The summed E-state index contributed by atoms with van der Waals surface area (Å²) >= 11 is 0. The molecule has 4 aromatic rings. The van der Waals surface area contributed by atoms with Crippen molar-refractivity contribution in [3.63, 3.8) is 0 Å². The van der Waals surface area contributed by atoms with Crippen molar-refractivity contribution in [1.29, 1.82) is 0 Å². The second-order valence-corrected chi connectivity index (χ2v) is 6.58. The van der Waals surface area contributed by atoms with Crippen molar-refractivity contribution in [1.82, 2.24) is 0 Å². The minimum Gasteiger partial charge on any atom is -0.378 e. The molecular formula is C24H21NO. The van der Waals surface area contributed by atoms with Gasteiger partial charge in [0.15, 0.2) is 0 Å². The van der Waals surface area contributed by atoms with Gasteiger partial charge in [-0.05, 0) is 33.5 Å². The summed E-state index contributed by atoms with van der Waals surface area (Å²) in [4.78, 5) is 0. The van der Waals surface area contributed by atoms with E-state index in [2.05, 4.69) is 24.3 Å². The third kappa shape index (κ3) is 2.80. The van der Waals surface area contributed by atoms with Crippen molar-refractivity contribution < 1.29 is 5.11 Å². The molecule has 128 valence electrons. The first kappa shape index (κ1) is 16.5. The van der Waals surface area contributed by atoms with E-state index in [-0.39, 0.29) is 0 Å². The van der Waals surface area contributed by atoms with Crippen LogP contribution in [-0.2, 0) is 5.60 Å². The minimum absolute atomic E-state index is 0.600. The topological polar surface area (TPSA) is 46.2 Å². The standard InChI is InChI=1S/C24H21NO/c25-23(20-16-15-18-9-7-8-10-19(18)17-20)24(26,21-11-3-1-4-12-21)22-13-5-2-6-14-22/h1-17,23,26H,25H2/t23-/m1/s1. The molecule has 26 heavy (non-hydrogen) atoms. The fourth-order valence-corrected chi connectivity index (χ4v) is 3.55. The van der Waals surface area contributed by atoms with Crippen LogP contribution in [0, 0.1) is 0 Å². The zero-order chi connectivity index (χ0) is 18.0. The molecule has 3 N–H and O–H groups in total. The predicted molar refractivity (Wildman–Crippen MR) is 107 cm³/mol. The second-order valence-electron chi connectivity index (χ2n) is 6.58. The van der Waals surface area contributed by atoms with Crippen LogP contribution >= 0.6 is 0 Å². The van der Waals surface area contributed by atoms with Crippen molar-refractivity contribution in [2.24, 2.45) is 5.73 Å². The first-order valence-corrected chi connectivity index (χ1v) is 8.77. The van der Waals surface area contributed by atoms with E-state index in [1.54, 1.807) is 0 Å². The van der Waals surface area contributed by atoms with E-state index in [0.29, 0.717) is 0 Å². The van der Waals surface area contributed by atoms with Crippen LogP contribution in [0.5, 0.6) is 0 Å². The van der Waals surface area contributed by atoms with Crippen LogP contribution in [0.2, 0.25) is 0 Å². The van der Waals surface area contributed by atoms with E-state index in [1.807, 2.05) is 78.9 Å². The van der Waals surface area contributed by atoms with Gasteiger partial charge in [0.25, 0.3) is 0 Å². The van der Waals surface area contributed by atoms with Gasteiger partial charge in [0.1, 0.15) is 5.60 Å². The molecule has 0 fully saturated rings. The molecular weight excluding hydrogens is 318 g/mol. The molecule has 0 aliphatic rings. The summed E-state index contributed by atoms with van der Waals surface area (Å²) in [5.41, 5.74) is 7.83. The van der Waals surface area contributed by atoms with Gasteiger partial charge in [0.2, 0.25) is 0 Å². The molecule has 0 bridgehead atoms. The molecule has 2 nitrogen and oxygen atoms in total. The van der Waals surface area contributed by atoms with Crippen molar-refractivity contribution in [3.05, 3.63) is 120 Å². The monoisotopic (exact) mass is 339 g/mol. The van der Waals surface area contributed by atoms with Gasteiger partial charge in [-0.1, -0.05) is 97.1 Å². The van der Waals surface area contributed by atoms with Crippen molar-refractivity contribution in [3.8, 4) is 0 Å². The highest BCUT2D eigenvalue weighted by atomic mass is 16.3. The van der Waals surface area contributed by atoms with Crippen molar-refractivity contribution >= 4 is 10.8 Å². The lowest BCUT2D eigenvalue weighted by Crippen LogP contribution is -2.39. The molecule has 0 unspecified atom stereocenters. The Morgan fingerprint density at radius 2 is 1.12 bits per heavy atom. The Morgan fingerprint density at radius 3 is 1.69 bits per heavy atom. The van der Waals surface area contributed by atoms with Gasteiger partial charge in [-0.3, -0.25) is 0 Å². The lowest BCUT2D eigenvalue weighted by atomic mass is 9.77. The molecule has 0 aromatic heterocycles. The fraction of sp³-hybridized carbons (Fsp3) is 0.0833. The van der Waals surface area contributed by atoms with Crippen LogP contribution in [0.4, 0.5) is 0 Å². The highest BCUT2D eigenvalue weighted by molar-refractivity contribution is 5.83. The third-order valence-corrected chi connectivity index (χ3v) is 5.01. The summed E-state index contributed by atoms with van der Waals surface area (Å²) in [5, 5.41) is 14.1. The summed E-state index contributed by atoms with van der Waals surface area (Å²) in [5.74, 6) is 0. The van der Waals surface area contributed by atoms with E-state index in [0.717, 1.165) is 27.5 Å². The largest absolute Gasteiger partial charge is 0.378 e. The van der Waals surface area contributed by atoms with Crippen molar-refractivity contribution in [2.45, 2.75) is 11.6 Å². The first-order valence-electron chi connectivity index (χ1n) is 8.77. The number of rotatable bonds is 4.